The van der Waals surface area contributed by atoms with Gasteiger partial charge in [0.05, 0.1) is 18.9 Å². The van der Waals surface area contributed by atoms with E-state index in [1.807, 2.05) is 40.2 Å². The molecule has 1 N–H and O–H groups in total. The van der Waals surface area contributed by atoms with E-state index in [1.165, 1.54) is 6.07 Å². The number of ether oxygens (including phenoxy) is 1. The van der Waals surface area contributed by atoms with Gasteiger partial charge in [-0.1, -0.05) is 0 Å². The predicted octanol–water partition coefficient (Wildman–Crippen LogP) is 3.40. The molecule has 5 nitrogen and oxygen atoms in total. The fourth-order valence-electron chi connectivity index (χ4n) is 3.07. The first-order valence-corrected chi connectivity index (χ1v) is 10.1. The number of hydrogen-bond acceptors (Lipinski definition) is 4. The van der Waals surface area contributed by atoms with Crippen molar-refractivity contribution in [3.05, 3.63) is 48.5 Å². The predicted molar refractivity (Wildman–Crippen MR) is 105 cm³/mol. The van der Waals surface area contributed by atoms with Gasteiger partial charge in [-0.25, -0.2) is 4.39 Å². The van der Waals surface area contributed by atoms with Crippen LogP contribution in [0.4, 0.5) is 15.8 Å². The normalized spacial score (nSPS) is 15.7. The van der Waals surface area contributed by atoms with Crippen LogP contribution in [-0.2, 0) is 9.53 Å². The number of amides is 1. The molecule has 1 aliphatic rings. The zero-order valence-electron chi connectivity index (χ0n) is 14.9. The molecule has 1 fully saturated rings. The second kappa shape index (κ2) is 9.09. The molecular weight excluding hydrogens is 353 g/mol. The summed E-state index contributed by atoms with van der Waals surface area (Å²) in [5, 5.41) is 2.86. The molecule has 0 saturated carbocycles. The van der Waals surface area contributed by atoms with Crippen LogP contribution in [-0.4, -0.2) is 48.8 Å². The van der Waals surface area contributed by atoms with Gasteiger partial charge in [-0.15, -0.1) is 0 Å². The molecule has 2 aromatic rings. The quantitative estimate of drug-likeness (QED) is 0.803. The van der Waals surface area contributed by atoms with Crippen LogP contribution in [0.15, 0.2) is 42.7 Å². The van der Waals surface area contributed by atoms with E-state index >= 15 is 0 Å². The molecule has 0 aliphatic carbocycles. The highest BCUT2D eigenvalue weighted by Gasteiger charge is 2.20. The van der Waals surface area contributed by atoms with Gasteiger partial charge in [0, 0.05) is 31.2 Å². The summed E-state index contributed by atoms with van der Waals surface area (Å²) in [4.78, 5) is 14.7. The van der Waals surface area contributed by atoms with Gasteiger partial charge in [-0.3, -0.25) is 4.79 Å². The van der Waals surface area contributed by atoms with Crippen molar-refractivity contribution in [2.75, 3.05) is 48.5 Å². The third kappa shape index (κ3) is 4.59. The summed E-state index contributed by atoms with van der Waals surface area (Å²) < 4.78 is 21.7. The van der Waals surface area contributed by atoms with E-state index in [-0.39, 0.29) is 17.8 Å². The highest BCUT2D eigenvalue weighted by atomic mass is 32.2. The third-order valence-corrected chi connectivity index (χ3v) is 5.10. The number of thioether (sulfide) groups is 1. The molecule has 26 heavy (non-hydrogen) atoms. The summed E-state index contributed by atoms with van der Waals surface area (Å²) in [6.07, 6.45) is 6.50. The highest BCUT2D eigenvalue weighted by Crippen LogP contribution is 2.25. The zero-order valence-corrected chi connectivity index (χ0v) is 15.7. The van der Waals surface area contributed by atoms with Crippen LogP contribution < -0.4 is 10.2 Å². The second-order valence-electron chi connectivity index (χ2n) is 6.18. The number of benzene rings is 1. The lowest BCUT2D eigenvalue weighted by Gasteiger charge is -2.29. The third-order valence-electron chi connectivity index (χ3n) is 4.45. The van der Waals surface area contributed by atoms with E-state index in [2.05, 4.69) is 5.32 Å². The second-order valence-corrected chi connectivity index (χ2v) is 7.17. The Kier molecular flexibility index (Phi) is 6.57. The molecule has 1 aromatic heterocycles. The molecule has 1 aromatic carbocycles. The van der Waals surface area contributed by atoms with Crippen LogP contribution in [0.5, 0.6) is 0 Å². The maximum Gasteiger partial charge on any atom is 0.247 e. The molecule has 140 valence electrons. The Bertz CT molecular complexity index is 718. The average Bonchev–Trinajstić information content (AvgIpc) is 3.17. The van der Waals surface area contributed by atoms with Gasteiger partial charge < -0.3 is 19.5 Å². The molecule has 0 spiro atoms. The summed E-state index contributed by atoms with van der Waals surface area (Å²) in [5.74, 6) is 0.417. The van der Waals surface area contributed by atoms with Crippen LogP contribution in [0.2, 0.25) is 0 Å². The highest BCUT2D eigenvalue weighted by molar-refractivity contribution is 7.98. The van der Waals surface area contributed by atoms with E-state index in [4.69, 9.17) is 4.74 Å². The minimum Gasteiger partial charge on any atom is -0.378 e. The first kappa shape index (κ1) is 18.8. The molecule has 2 heterocycles. The number of rotatable bonds is 7. The number of aromatic nitrogens is 1. The van der Waals surface area contributed by atoms with Crippen molar-refractivity contribution in [2.45, 2.75) is 12.5 Å². The number of carbonyl (C=O) groups is 1. The fraction of sp³-hybridized carbons (Fsp3) is 0.421. The first-order chi connectivity index (χ1) is 12.7. The lowest BCUT2D eigenvalue weighted by atomic mass is 10.2. The largest absolute Gasteiger partial charge is 0.378 e. The number of halogens is 1. The topological polar surface area (TPSA) is 46.5 Å². The Morgan fingerprint density at radius 1 is 1.31 bits per heavy atom. The maximum atomic E-state index is 14.5. The number of nitrogens with one attached hydrogen (secondary N) is 1. The van der Waals surface area contributed by atoms with Gasteiger partial charge in [0.25, 0.3) is 0 Å². The van der Waals surface area contributed by atoms with Crippen LogP contribution in [0.25, 0.3) is 0 Å². The summed E-state index contributed by atoms with van der Waals surface area (Å²) in [6, 6.07) is 8.37. The number of morpholine rings is 1. The van der Waals surface area contributed by atoms with Crippen molar-refractivity contribution in [2.24, 2.45) is 0 Å². The molecule has 1 saturated heterocycles. The van der Waals surface area contributed by atoms with Crippen molar-refractivity contribution >= 4 is 29.0 Å². The Morgan fingerprint density at radius 2 is 2.04 bits per heavy atom. The smallest absolute Gasteiger partial charge is 0.247 e. The molecule has 7 heteroatoms. The number of anilines is 2. The van der Waals surface area contributed by atoms with Crippen molar-refractivity contribution < 1.29 is 13.9 Å². The molecular formula is C19H24FN3O2S. The molecule has 1 atom stereocenters. The van der Waals surface area contributed by atoms with Gasteiger partial charge in [-0.2, -0.15) is 11.8 Å². The number of carbonyl (C=O) groups excluding carboxylic acids is 1. The first-order valence-electron chi connectivity index (χ1n) is 8.73. The van der Waals surface area contributed by atoms with Gasteiger partial charge in [-0.05, 0) is 48.8 Å². The summed E-state index contributed by atoms with van der Waals surface area (Å²) in [6.45, 7) is 2.55. The monoisotopic (exact) mass is 377 g/mol. The summed E-state index contributed by atoms with van der Waals surface area (Å²) in [5.41, 5.74) is 1.03. The van der Waals surface area contributed by atoms with Crippen LogP contribution in [0, 0.1) is 5.82 Å². The lowest BCUT2D eigenvalue weighted by molar-refractivity contribution is -0.119. The Labute approximate surface area is 157 Å². The van der Waals surface area contributed by atoms with E-state index < -0.39 is 0 Å². The van der Waals surface area contributed by atoms with Gasteiger partial charge >= 0.3 is 0 Å². The van der Waals surface area contributed by atoms with Crippen molar-refractivity contribution in [1.29, 1.82) is 0 Å². The molecule has 1 aliphatic heterocycles. The summed E-state index contributed by atoms with van der Waals surface area (Å²) in [7, 11) is 0. The fourth-order valence-corrected chi connectivity index (χ4v) is 3.53. The van der Waals surface area contributed by atoms with Crippen molar-refractivity contribution in [1.82, 2.24) is 4.57 Å². The minimum absolute atomic E-state index is 0.131. The number of nitrogens with zero attached hydrogens (tertiary/aromatic N) is 2. The van der Waals surface area contributed by atoms with E-state index in [1.54, 1.807) is 23.9 Å². The average molecular weight is 377 g/mol. The van der Waals surface area contributed by atoms with Crippen molar-refractivity contribution in [3.63, 3.8) is 0 Å². The van der Waals surface area contributed by atoms with Crippen molar-refractivity contribution in [3.8, 4) is 0 Å². The number of hydrogen-bond donors (Lipinski definition) is 1. The van der Waals surface area contributed by atoms with Crippen LogP contribution in [0.3, 0.4) is 0 Å². The molecule has 0 radical (unpaired) electrons. The SMILES string of the molecule is CSCCC(C(=O)Nc1ccc(N2CCOCC2)c(F)c1)n1cccc1. The van der Waals surface area contributed by atoms with Crippen LogP contribution >= 0.6 is 11.8 Å². The zero-order chi connectivity index (χ0) is 18.4. The molecule has 3 rings (SSSR count). The van der Waals surface area contributed by atoms with Gasteiger partial charge in [0.2, 0.25) is 5.91 Å². The van der Waals surface area contributed by atoms with E-state index in [9.17, 15) is 9.18 Å². The molecule has 1 amide bonds. The lowest BCUT2D eigenvalue weighted by Crippen LogP contribution is -2.36. The van der Waals surface area contributed by atoms with Crippen LogP contribution in [0.1, 0.15) is 12.5 Å². The van der Waals surface area contributed by atoms with Gasteiger partial charge in [0.1, 0.15) is 11.9 Å². The maximum absolute atomic E-state index is 14.5. The standard InChI is InChI=1S/C19H24FN3O2S/c1-26-13-6-18(22-7-2-3-8-22)19(24)21-15-4-5-17(16(20)14-15)23-9-11-25-12-10-23/h2-5,7-8,14,18H,6,9-13H2,1H3,(H,21,24). The Morgan fingerprint density at radius 3 is 2.69 bits per heavy atom. The Hall–Kier alpha value is -1.99. The van der Waals surface area contributed by atoms with E-state index in [0.29, 0.717) is 37.7 Å². The minimum atomic E-state index is -0.327. The van der Waals surface area contributed by atoms with E-state index in [0.717, 1.165) is 12.2 Å². The molecule has 0 bridgehead atoms. The Balaban J connectivity index is 1.70. The molecule has 1 unspecified atom stereocenters. The summed E-state index contributed by atoms with van der Waals surface area (Å²) >= 11 is 1.70. The van der Waals surface area contributed by atoms with Gasteiger partial charge in [0.15, 0.2) is 0 Å².